The molecule has 0 unspecified atom stereocenters. The van der Waals surface area contributed by atoms with Crippen molar-refractivity contribution in [2.24, 2.45) is 0 Å². The van der Waals surface area contributed by atoms with Crippen LogP contribution in [0.1, 0.15) is 0 Å². The molecule has 2 saturated heterocycles. The van der Waals surface area contributed by atoms with Gasteiger partial charge in [0.15, 0.2) is 0 Å². The Morgan fingerprint density at radius 2 is 1.44 bits per heavy atom. The van der Waals surface area contributed by atoms with Crippen LogP contribution in [0.15, 0.2) is 36.9 Å². The van der Waals surface area contributed by atoms with Crippen LogP contribution < -0.4 is 5.32 Å². The molecule has 2 aromatic rings. The fourth-order valence-corrected chi connectivity index (χ4v) is 2.18. The van der Waals surface area contributed by atoms with Gasteiger partial charge in [0.2, 0.25) is 0 Å². The number of rotatable bonds is 0. The number of carbonyl (C=O) groups excluding carboxylic acids is 1. The maximum atomic E-state index is 11.6. The highest BCUT2D eigenvalue weighted by molar-refractivity contribution is 5.75. The second-order valence-electron chi connectivity index (χ2n) is 5.43. The molecular weight excluding hydrogens is 356 g/mol. The van der Waals surface area contributed by atoms with E-state index < -0.39 is 6.09 Å². The third-order valence-electron chi connectivity index (χ3n) is 3.53. The molecule has 4 rings (SSSR count). The van der Waals surface area contributed by atoms with E-state index in [0.717, 1.165) is 31.0 Å². The molecule has 4 heterocycles. The number of ether oxygens (including phenoxy) is 2. The van der Waals surface area contributed by atoms with Crippen LogP contribution in [0.4, 0.5) is 9.59 Å². The van der Waals surface area contributed by atoms with E-state index in [-0.39, 0.29) is 6.03 Å². The minimum absolute atomic E-state index is 0.0756. The van der Waals surface area contributed by atoms with Crippen LogP contribution in [-0.4, -0.2) is 94.3 Å². The Labute approximate surface area is 156 Å². The summed E-state index contributed by atoms with van der Waals surface area (Å²) in [4.78, 5) is 23.3. The summed E-state index contributed by atoms with van der Waals surface area (Å²) in [6.45, 7) is 6.37. The molecular formula is C16H24N6O5. The number of hydrogen-bond acceptors (Lipinski definition) is 7. The van der Waals surface area contributed by atoms with Gasteiger partial charge in [0.25, 0.3) is 0 Å². The summed E-state index contributed by atoms with van der Waals surface area (Å²) >= 11 is 0. The molecule has 0 atom stereocenters. The smallest absolute Gasteiger partial charge is 0.432 e. The summed E-state index contributed by atoms with van der Waals surface area (Å²) in [5, 5.41) is 18.6. The molecule has 11 heteroatoms. The lowest BCUT2D eigenvalue weighted by atomic mass is 10.4. The third kappa shape index (κ3) is 7.56. The molecule has 1 amide bonds. The first-order chi connectivity index (χ1) is 13.2. The Bertz CT molecular complexity index is 639. The van der Waals surface area contributed by atoms with Crippen LogP contribution in [0.2, 0.25) is 0 Å². The largest absolute Gasteiger partial charge is 0.463 e. The van der Waals surface area contributed by atoms with Gasteiger partial charge < -0.3 is 24.8 Å². The zero-order chi connectivity index (χ0) is 19.3. The van der Waals surface area contributed by atoms with Crippen molar-refractivity contribution in [2.45, 2.75) is 0 Å². The van der Waals surface area contributed by atoms with Crippen molar-refractivity contribution in [1.29, 1.82) is 0 Å². The van der Waals surface area contributed by atoms with Crippen molar-refractivity contribution in [2.75, 3.05) is 52.6 Å². The van der Waals surface area contributed by atoms with Gasteiger partial charge >= 0.3 is 12.1 Å². The monoisotopic (exact) mass is 380 g/mol. The van der Waals surface area contributed by atoms with Crippen molar-refractivity contribution in [1.82, 2.24) is 29.8 Å². The number of morpholine rings is 2. The molecule has 0 saturated carbocycles. The number of aromatic nitrogens is 4. The molecule has 0 bridgehead atoms. The molecule has 11 nitrogen and oxygen atoms in total. The molecule has 0 radical (unpaired) electrons. The predicted octanol–water partition coefficient (Wildman–Crippen LogP) is 0.199. The third-order valence-corrected chi connectivity index (χ3v) is 3.53. The van der Waals surface area contributed by atoms with Gasteiger partial charge in [0.05, 0.1) is 26.4 Å². The highest BCUT2D eigenvalue weighted by Crippen LogP contribution is 2.00. The predicted molar refractivity (Wildman–Crippen MR) is 94.8 cm³/mol. The molecule has 0 spiro atoms. The van der Waals surface area contributed by atoms with E-state index in [1.165, 1.54) is 17.1 Å². The van der Waals surface area contributed by atoms with Crippen LogP contribution >= 0.6 is 0 Å². The Balaban J connectivity index is 0.000000159. The second kappa shape index (κ2) is 11.8. The van der Waals surface area contributed by atoms with Crippen LogP contribution in [0, 0.1) is 0 Å². The first-order valence-electron chi connectivity index (χ1n) is 8.56. The normalized spacial score (nSPS) is 16.4. The van der Waals surface area contributed by atoms with E-state index in [2.05, 4.69) is 15.5 Å². The van der Waals surface area contributed by atoms with Gasteiger partial charge in [-0.25, -0.2) is 9.59 Å². The van der Waals surface area contributed by atoms with Gasteiger partial charge in [-0.3, -0.25) is 0 Å². The average molecular weight is 380 g/mol. The van der Waals surface area contributed by atoms with Crippen molar-refractivity contribution >= 4 is 12.1 Å². The first kappa shape index (κ1) is 20.6. The number of hydrogen-bond donors (Lipinski definition) is 2. The highest BCUT2D eigenvalue weighted by atomic mass is 16.5. The Kier molecular flexibility index (Phi) is 8.96. The summed E-state index contributed by atoms with van der Waals surface area (Å²) in [6, 6.07) is 3.21. The van der Waals surface area contributed by atoms with E-state index in [0.29, 0.717) is 26.3 Å². The van der Waals surface area contributed by atoms with E-state index in [1.54, 1.807) is 29.4 Å². The van der Waals surface area contributed by atoms with Crippen LogP contribution in [-0.2, 0) is 9.47 Å². The fourth-order valence-electron chi connectivity index (χ4n) is 2.18. The number of nitrogens with one attached hydrogen (secondary N) is 1. The minimum atomic E-state index is -1.06. The van der Waals surface area contributed by atoms with E-state index in [1.807, 2.05) is 0 Å². The molecule has 2 aliphatic rings. The quantitative estimate of drug-likeness (QED) is 0.664. The summed E-state index contributed by atoms with van der Waals surface area (Å²) in [5.41, 5.74) is 0. The highest BCUT2D eigenvalue weighted by Gasteiger charge is 2.17. The molecule has 0 aromatic carbocycles. The standard InChI is InChI=1S/C8H11N3O2.C4H4N2O2.C4H9NO/c12-8(11-3-1-2-9-11)10-4-6-13-7-5-10;7-4(8)6-3-1-2-5-6;1-3-6-4-2-5-1/h1-3H,4-7H2;1-3H,(H,7,8);5H,1-4H2. The number of amides is 1. The summed E-state index contributed by atoms with van der Waals surface area (Å²) in [5.74, 6) is 0. The number of nitrogens with zero attached hydrogens (tertiary/aromatic N) is 5. The molecule has 2 fully saturated rings. The van der Waals surface area contributed by atoms with E-state index in [9.17, 15) is 9.59 Å². The molecule has 2 N–H and O–H groups in total. The van der Waals surface area contributed by atoms with E-state index >= 15 is 0 Å². The lowest BCUT2D eigenvalue weighted by molar-refractivity contribution is 0.0528. The van der Waals surface area contributed by atoms with Gasteiger partial charge in [0.1, 0.15) is 0 Å². The van der Waals surface area contributed by atoms with Gasteiger partial charge in [-0.15, -0.1) is 0 Å². The number of carbonyl (C=O) groups is 2. The van der Waals surface area contributed by atoms with Gasteiger partial charge in [-0.2, -0.15) is 19.6 Å². The molecule has 2 aliphatic heterocycles. The lowest BCUT2D eigenvalue weighted by Gasteiger charge is -2.26. The van der Waals surface area contributed by atoms with Gasteiger partial charge in [-0.05, 0) is 12.1 Å². The number of carboxylic acid groups (broad SMARTS) is 1. The SMILES string of the molecule is C1COCCN1.O=C(N1CCOCC1)n1cccn1.O=C(O)n1cccn1. The van der Waals surface area contributed by atoms with Crippen LogP contribution in [0.25, 0.3) is 0 Å². The minimum Gasteiger partial charge on any atom is -0.463 e. The molecule has 2 aromatic heterocycles. The Morgan fingerprint density at radius 1 is 0.889 bits per heavy atom. The van der Waals surface area contributed by atoms with Crippen molar-refractivity contribution in [3.05, 3.63) is 36.9 Å². The molecule has 148 valence electrons. The first-order valence-corrected chi connectivity index (χ1v) is 8.56. The zero-order valence-corrected chi connectivity index (χ0v) is 14.9. The van der Waals surface area contributed by atoms with Crippen molar-refractivity contribution in [3.8, 4) is 0 Å². The molecule has 0 aliphatic carbocycles. The van der Waals surface area contributed by atoms with Crippen LogP contribution in [0.5, 0.6) is 0 Å². The zero-order valence-electron chi connectivity index (χ0n) is 14.9. The van der Waals surface area contributed by atoms with Crippen molar-refractivity contribution in [3.63, 3.8) is 0 Å². The Morgan fingerprint density at radius 3 is 1.81 bits per heavy atom. The summed E-state index contributed by atoms with van der Waals surface area (Å²) in [7, 11) is 0. The maximum Gasteiger partial charge on any atom is 0.432 e. The average Bonchev–Trinajstić information content (AvgIpc) is 3.45. The summed E-state index contributed by atoms with van der Waals surface area (Å²) in [6.07, 6.45) is 4.96. The second-order valence-corrected chi connectivity index (χ2v) is 5.43. The van der Waals surface area contributed by atoms with Crippen LogP contribution in [0.3, 0.4) is 0 Å². The lowest BCUT2D eigenvalue weighted by Crippen LogP contribution is -2.43. The maximum absolute atomic E-state index is 11.6. The van der Waals surface area contributed by atoms with Gasteiger partial charge in [-0.1, -0.05) is 0 Å². The van der Waals surface area contributed by atoms with Gasteiger partial charge in [0, 0.05) is 51.0 Å². The fraction of sp³-hybridized carbons (Fsp3) is 0.500. The van der Waals surface area contributed by atoms with Crippen molar-refractivity contribution < 1.29 is 24.2 Å². The topological polar surface area (TPSA) is 124 Å². The molecule has 27 heavy (non-hydrogen) atoms. The summed E-state index contributed by atoms with van der Waals surface area (Å²) < 4.78 is 12.3. The van der Waals surface area contributed by atoms with E-state index in [4.69, 9.17) is 14.6 Å². The Hall–Kier alpha value is -2.76.